The molecule has 2 nitrogen and oxygen atoms in total. The van der Waals surface area contributed by atoms with Gasteiger partial charge in [0.15, 0.2) is 0 Å². The molecule has 11 heavy (non-hydrogen) atoms. The summed E-state index contributed by atoms with van der Waals surface area (Å²) in [7, 11) is 1.83. The molecule has 1 saturated heterocycles. The van der Waals surface area contributed by atoms with Gasteiger partial charge >= 0.3 is 0 Å². The van der Waals surface area contributed by atoms with Crippen molar-refractivity contribution in [3.63, 3.8) is 0 Å². The summed E-state index contributed by atoms with van der Waals surface area (Å²) in [5.41, 5.74) is 1.12. The lowest BCUT2D eigenvalue weighted by Gasteiger charge is -2.17. The number of hydrogen-bond acceptors (Lipinski definition) is 2. The first-order chi connectivity index (χ1) is 5.38. The van der Waals surface area contributed by atoms with E-state index >= 15 is 0 Å². The Labute approximate surface area is 68.0 Å². The highest BCUT2D eigenvalue weighted by molar-refractivity contribution is 5.98. The van der Waals surface area contributed by atoms with Gasteiger partial charge in [-0.05, 0) is 25.3 Å². The predicted octanol–water partition coefficient (Wildman–Crippen LogP) is 2.16. The Kier molecular flexibility index (Phi) is 3.14. The molecular weight excluding hydrogens is 138 g/mol. The first kappa shape index (κ1) is 8.31. The van der Waals surface area contributed by atoms with Crippen molar-refractivity contribution in [3.8, 4) is 0 Å². The molecule has 0 aromatic heterocycles. The van der Waals surface area contributed by atoms with Crippen LogP contribution in [0.1, 0.15) is 26.2 Å². The van der Waals surface area contributed by atoms with Gasteiger partial charge in [0.25, 0.3) is 0 Å². The van der Waals surface area contributed by atoms with Gasteiger partial charge < -0.3 is 4.74 Å². The molecule has 0 atom stereocenters. The van der Waals surface area contributed by atoms with E-state index in [1.165, 1.54) is 0 Å². The molecule has 1 aliphatic rings. The molecule has 0 saturated carbocycles. The molecule has 1 aliphatic heterocycles. The molecule has 1 rings (SSSR count). The van der Waals surface area contributed by atoms with Crippen LogP contribution in [0.25, 0.3) is 0 Å². The van der Waals surface area contributed by atoms with Crippen molar-refractivity contribution in [3.05, 3.63) is 11.8 Å². The summed E-state index contributed by atoms with van der Waals surface area (Å²) in [6.07, 6.45) is 5.30. The van der Waals surface area contributed by atoms with Crippen LogP contribution < -0.4 is 0 Å². The van der Waals surface area contributed by atoms with E-state index in [4.69, 9.17) is 4.74 Å². The molecule has 0 aromatic carbocycles. The number of hydrogen-bond donors (Lipinski definition) is 0. The van der Waals surface area contributed by atoms with Crippen LogP contribution in [-0.2, 0) is 4.74 Å². The average molecular weight is 153 g/mol. The molecule has 0 aromatic rings. The summed E-state index contributed by atoms with van der Waals surface area (Å²) in [5, 5.41) is 0. The maximum Gasteiger partial charge on any atom is 0.136 e. The number of aliphatic imine (C=N–C) groups is 1. The third kappa shape index (κ3) is 2.07. The van der Waals surface area contributed by atoms with Crippen LogP contribution in [0.15, 0.2) is 16.8 Å². The lowest BCUT2D eigenvalue weighted by atomic mass is 10.1. The smallest absolute Gasteiger partial charge is 0.136 e. The van der Waals surface area contributed by atoms with Gasteiger partial charge in [-0.2, -0.15) is 0 Å². The molecule has 0 unspecified atom stereocenters. The zero-order chi connectivity index (χ0) is 8.10. The van der Waals surface area contributed by atoms with Gasteiger partial charge in [-0.25, -0.2) is 0 Å². The van der Waals surface area contributed by atoms with Gasteiger partial charge in [-0.1, -0.05) is 6.92 Å². The highest BCUT2D eigenvalue weighted by Gasteiger charge is 2.12. The van der Waals surface area contributed by atoms with Gasteiger partial charge in [0.1, 0.15) is 5.76 Å². The minimum atomic E-state index is 0.852. The monoisotopic (exact) mass is 153 g/mol. The van der Waals surface area contributed by atoms with Gasteiger partial charge in [0.2, 0.25) is 0 Å². The molecule has 0 aliphatic carbocycles. The normalized spacial score (nSPS) is 25.6. The van der Waals surface area contributed by atoms with E-state index in [0.29, 0.717) is 0 Å². The van der Waals surface area contributed by atoms with Crippen molar-refractivity contribution in [2.45, 2.75) is 26.2 Å². The maximum atomic E-state index is 5.45. The standard InChI is InChI=1S/C9H15NO/c1-3-5-9-8(10-2)6-4-7-11-9/h5H,3-4,6-7H2,1-2H3/b9-5+,10-8-. The molecule has 0 bridgehead atoms. The minimum absolute atomic E-state index is 0.852. The van der Waals surface area contributed by atoms with Crippen molar-refractivity contribution in [1.82, 2.24) is 0 Å². The summed E-state index contributed by atoms with van der Waals surface area (Å²) < 4.78 is 5.45. The van der Waals surface area contributed by atoms with Gasteiger partial charge in [0.05, 0.1) is 12.3 Å². The van der Waals surface area contributed by atoms with Crippen LogP contribution in [0.4, 0.5) is 0 Å². The molecule has 0 N–H and O–H groups in total. The van der Waals surface area contributed by atoms with Gasteiger partial charge in [-0.15, -0.1) is 0 Å². The first-order valence-corrected chi connectivity index (χ1v) is 4.17. The molecular formula is C9H15NO. The lowest BCUT2D eigenvalue weighted by molar-refractivity contribution is 0.213. The highest BCUT2D eigenvalue weighted by atomic mass is 16.5. The van der Waals surface area contributed by atoms with E-state index in [0.717, 1.165) is 37.3 Å². The third-order valence-electron chi connectivity index (χ3n) is 1.76. The second kappa shape index (κ2) is 4.16. The molecule has 0 spiro atoms. The van der Waals surface area contributed by atoms with Crippen LogP contribution >= 0.6 is 0 Å². The summed E-state index contributed by atoms with van der Waals surface area (Å²) in [6.45, 7) is 2.96. The Morgan fingerprint density at radius 1 is 1.64 bits per heavy atom. The van der Waals surface area contributed by atoms with Crippen LogP contribution in [-0.4, -0.2) is 19.4 Å². The van der Waals surface area contributed by atoms with Crippen molar-refractivity contribution in [2.75, 3.05) is 13.7 Å². The Balaban J connectivity index is 2.67. The largest absolute Gasteiger partial charge is 0.492 e. The van der Waals surface area contributed by atoms with E-state index in [9.17, 15) is 0 Å². The Hall–Kier alpha value is -0.790. The van der Waals surface area contributed by atoms with E-state index < -0.39 is 0 Å². The Morgan fingerprint density at radius 2 is 2.45 bits per heavy atom. The van der Waals surface area contributed by atoms with Crippen molar-refractivity contribution < 1.29 is 4.74 Å². The highest BCUT2D eigenvalue weighted by Crippen LogP contribution is 2.14. The number of nitrogens with zero attached hydrogens (tertiary/aromatic N) is 1. The fourth-order valence-corrected chi connectivity index (χ4v) is 1.21. The van der Waals surface area contributed by atoms with Gasteiger partial charge in [-0.3, -0.25) is 4.99 Å². The summed E-state index contributed by atoms with van der Waals surface area (Å²) >= 11 is 0. The number of ether oxygens (including phenoxy) is 1. The lowest BCUT2D eigenvalue weighted by Crippen LogP contribution is -2.14. The van der Waals surface area contributed by atoms with Crippen LogP contribution in [0.5, 0.6) is 0 Å². The van der Waals surface area contributed by atoms with Crippen molar-refractivity contribution >= 4 is 5.71 Å². The van der Waals surface area contributed by atoms with Crippen molar-refractivity contribution in [2.24, 2.45) is 4.99 Å². The van der Waals surface area contributed by atoms with Crippen molar-refractivity contribution in [1.29, 1.82) is 0 Å². The fourth-order valence-electron chi connectivity index (χ4n) is 1.21. The zero-order valence-corrected chi connectivity index (χ0v) is 7.26. The Bertz CT molecular complexity index is 182. The molecule has 1 fully saturated rings. The quantitative estimate of drug-likeness (QED) is 0.565. The molecule has 0 radical (unpaired) electrons. The summed E-state index contributed by atoms with van der Waals surface area (Å²) in [5.74, 6) is 1.00. The third-order valence-corrected chi connectivity index (χ3v) is 1.76. The van der Waals surface area contributed by atoms with E-state index in [1.54, 1.807) is 0 Å². The van der Waals surface area contributed by atoms with E-state index in [2.05, 4.69) is 18.0 Å². The molecule has 2 heteroatoms. The predicted molar refractivity (Wildman–Crippen MR) is 46.9 cm³/mol. The SMILES string of the molecule is CC/C=C1/OCCC/C1=N/C. The Morgan fingerprint density at radius 3 is 3.09 bits per heavy atom. The first-order valence-electron chi connectivity index (χ1n) is 4.17. The number of allylic oxidation sites excluding steroid dienone is 2. The van der Waals surface area contributed by atoms with E-state index in [-0.39, 0.29) is 0 Å². The second-order valence-corrected chi connectivity index (χ2v) is 2.60. The zero-order valence-electron chi connectivity index (χ0n) is 7.26. The number of rotatable bonds is 1. The van der Waals surface area contributed by atoms with E-state index in [1.807, 2.05) is 7.05 Å². The fraction of sp³-hybridized carbons (Fsp3) is 0.667. The summed E-state index contributed by atoms with van der Waals surface area (Å²) in [6, 6.07) is 0. The van der Waals surface area contributed by atoms with Crippen LogP contribution in [0, 0.1) is 0 Å². The minimum Gasteiger partial charge on any atom is -0.492 e. The molecule has 0 amide bonds. The molecule has 62 valence electrons. The maximum absolute atomic E-state index is 5.45. The molecule has 1 heterocycles. The van der Waals surface area contributed by atoms with Gasteiger partial charge in [0, 0.05) is 7.05 Å². The topological polar surface area (TPSA) is 21.6 Å². The van der Waals surface area contributed by atoms with Crippen LogP contribution in [0.2, 0.25) is 0 Å². The second-order valence-electron chi connectivity index (χ2n) is 2.60. The van der Waals surface area contributed by atoms with Crippen LogP contribution in [0.3, 0.4) is 0 Å². The average Bonchev–Trinajstić information content (AvgIpc) is 2.06. The summed E-state index contributed by atoms with van der Waals surface area (Å²) in [4.78, 5) is 4.17.